The molecule has 3 heterocycles. The molecule has 2 aromatic heterocycles. The van der Waals surface area contributed by atoms with E-state index in [-0.39, 0.29) is 0 Å². The summed E-state index contributed by atoms with van der Waals surface area (Å²) < 4.78 is 0. The van der Waals surface area contributed by atoms with Gasteiger partial charge in [-0.25, -0.2) is 9.97 Å². The third-order valence-corrected chi connectivity index (χ3v) is 5.63. The van der Waals surface area contributed by atoms with E-state index in [0.717, 1.165) is 29.6 Å². The van der Waals surface area contributed by atoms with Gasteiger partial charge in [-0.2, -0.15) is 0 Å². The van der Waals surface area contributed by atoms with Crippen LogP contribution in [0.1, 0.15) is 31.2 Å². The van der Waals surface area contributed by atoms with Gasteiger partial charge in [-0.3, -0.25) is 0 Å². The lowest BCUT2D eigenvalue weighted by atomic mass is 10.0. The van der Waals surface area contributed by atoms with Crippen molar-refractivity contribution in [2.24, 2.45) is 0 Å². The zero-order valence-corrected chi connectivity index (χ0v) is 13.3. The van der Waals surface area contributed by atoms with Crippen molar-refractivity contribution < 1.29 is 0 Å². The number of piperidine rings is 1. The Kier molecular flexibility index (Phi) is 4.33. The van der Waals surface area contributed by atoms with Crippen LogP contribution in [0.5, 0.6) is 0 Å². The molecule has 0 radical (unpaired) electrons. The molecule has 2 N–H and O–H groups in total. The smallest absolute Gasteiger partial charge is 0.180 e. The predicted molar refractivity (Wildman–Crippen MR) is 86.2 cm³/mol. The van der Waals surface area contributed by atoms with Crippen LogP contribution in [-0.4, -0.2) is 34.0 Å². The number of aromatic nitrogens is 2. The number of nitrogens with two attached hydrogens (primary N) is 1. The highest BCUT2D eigenvalue weighted by atomic mass is 32.1. The van der Waals surface area contributed by atoms with E-state index in [1.54, 1.807) is 11.3 Å². The Bertz CT molecular complexity index is 563. The summed E-state index contributed by atoms with van der Waals surface area (Å²) in [4.78, 5) is 12.6. The first kappa shape index (κ1) is 14.0. The number of hydrogen-bond acceptors (Lipinski definition) is 6. The molecule has 3 rings (SSSR count). The van der Waals surface area contributed by atoms with Gasteiger partial charge in [-0.05, 0) is 26.3 Å². The van der Waals surface area contributed by atoms with Crippen LogP contribution in [0.4, 0.5) is 5.13 Å². The van der Waals surface area contributed by atoms with Crippen LogP contribution in [0.3, 0.4) is 0 Å². The molecule has 1 aliphatic rings. The third kappa shape index (κ3) is 3.19. The minimum Gasteiger partial charge on any atom is -0.375 e. The number of nitrogens with zero attached hydrogens (tertiary/aromatic N) is 3. The van der Waals surface area contributed by atoms with Crippen LogP contribution in [0.15, 0.2) is 11.6 Å². The lowest BCUT2D eigenvalue weighted by molar-refractivity contribution is 0.163. The highest BCUT2D eigenvalue weighted by Gasteiger charge is 2.18. The molecule has 0 spiro atoms. The molecule has 0 amide bonds. The van der Waals surface area contributed by atoms with Crippen molar-refractivity contribution in [2.45, 2.75) is 38.6 Å². The maximum absolute atomic E-state index is 5.68. The van der Waals surface area contributed by atoms with E-state index in [2.05, 4.69) is 21.8 Å². The van der Waals surface area contributed by atoms with Crippen LogP contribution in [0.25, 0.3) is 10.6 Å². The Morgan fingerprint density at radius 2 is 2.35 bits per heavy atom. The fourth-order valence-electron chi connectivity index (χ4n) is 2.67. The number of likely N-dealkylation sites (tertiary alicyclic amines) is 1. The molecule has 1 atom stereocenters. The summed E-state index contributed by atoms with van der Waals surface area (Å²) in [5.74, 6) is 0. The van der Waals surface area contributed by atoms with Gasteiger partial charge in [0.05, 0.1) is 15.6 Å². The molecule has 0 bridgehead atoms. The Balaban J connectivity index is 1.60. The average molecular weight is 308 g/mol. The van der Waals surface area contributed by atoms with Crippen LogP contribution < -0.4 is 5.73 Å². The first-order valence-corrected chi connectivity index (χ1v) is 8.82. The van der Waals surface area contributed by atoms with Gasteiger partial charge in [0.15, 0.2) is 5.13 Å². The first-order valence-electron chi connectivity index (χ1n) is 7.12. The zero-order valence-electron chi connectivity index (χ0n) is 11.7. The Morgan fingerprint density at radius 1 is 1.45 bits per heavy atom. The summed E-state index contributed by atoms with van der Waals surface area (Å²) >= 11 is 3.22. The summed E-state index contributed by atoms with van der Waals surface area (Å²) in [6.45, 7) is 4.69. The normalized spacial score (nSPS) is 20.4. The second-order valence-corrected chi connectivity index (χ2v) is 7.32. The Hall–Kier alpha value is -0.980. The quantitative estimate of drug-likeness (QED) is 0.942. The van der Waals surface area contributed by atoms with Crippen molar-refractivity contribution in [1.29, 1.82) is 0 Å². The maximum Gasteiger partial charge on any atom is 0.180 e. The second kappa shape index (κ2) is 6.20. The monoisotopic (exact) mass is 308 g/mol. The third-order valence-electron chi connectivity index (χ3n) is 3.88. The van der Waals surface area contributed by atoms with Gasteiger partial charge in [0.1, 0.15) is 0 Å². The molecule has 108 valence electrons. The Morgan fingerprint density at radius 3 is 3.10 bits per heavy atom. The summed E-state index contributed by atoms with van der Waals surface area (Å²) in [5.41, 5.74) is 6.64. The standard InChI is InChI=1S/C14H20N4S2/c1-10-4-2-3-6-18(10)7-5-13-16-8-12(20-13)11-9-19-14(15)17-11/h8-10H,2-7H2,1H3,(H2,15,17). The van der Waals surface area contributed by atoms with Crippen molar-refractivity contribution in [1.82, 2.24) is 14.9 Å². The van der Waals surface area contributed by atoms with E-state index in [1.807, 2.05) is 11.6 Å². The number of anilines is 1. The molecule has 20 heavy (non-hydrogen) atoms. The summed E-state index contributed by atoms with van der Waals surface area (Å²) in [6.07, 6.45) is 7.01. The molecule has 0 saturated carbocycles. The molecule has 1 unspecified atom stereocenters. The van der Waals surface area contributed by atoms with Crippen molar-refractivity contribution in [3.63, 3.8) is 0 Å². The number of rotatable bonds is 4. The first-order chi connectivity index (χ1) is 9.72. The molecule has 2 aromatic rings. The van der Waals surface area contributed by atoms with E-state index >= 15 is 0 Å². The fraction of sp³-hybridized carbons (Fsp3) is 0.571. The summed E-state index contributed by atoms with van der Waals surface area (Å²) in [6, 6.07) is 0.724. The van der Waals surface area contributed by atoms with Crippen LogP contribution in [-0.2, 0) is 6.42 Å². The van der Waals surface area contributed by atoms with Gasteiger partial charge < -0.3 is 10.6 Å². The lowest BCUT2D eigenvalue weighted by Gasteiger charge is -2.32. The number of hydrogen-bond donors (Lipinski definition) is 1. The molecule has 1 aliphatic heterocycles. The van der Waals surface area contributed by atoms with E-state index in [1.165, 1.54) is 42.2 Å². The van der Waals surface area contributed by atoms with Crippen molar-refractivity contribution in [3.8, 4) is 10.6 Å². The molecule has 0 aliphatic carbocycles. The lowest BCUT2D eigenvalue weighted by Crippen LogP contribution is -2.38. The number of thiazole rings is 2. The molecule has 1 fully saturated rings. The van der Waals surface area contributed by atoms with E-state index in [4.69, 9.17) is 5.73 Å². The molecule has 0 aromatic carbocycles. The van der Waals surface area contributed by atoms with Gasteiger partial charge >= 0.3 is 0 Å². The molecular weight excluding hydrogens is 288 g/mol. The van der Waals surface area contributed by atoms with E-state index < -0.39 is 0 Å². The van der Waals surface area contributed by atoms with Gasteiger partial charge in [-0.15, -0.1) is 22.7 Å². The summed E-state index contributed by atoms with van der Waals surface area (Å²) in [7, 11) is 0. The van der Waals surface area contributed by atoms with Gasteiger partial charge in [0, 0.05) is 30.6 Å². The average Bonchev–Trinajstić information content (AvgIpc) is 3.06. The predicted octanol–water partition coefficient (Wildman–Crippen LogP) is 3.27. The molecule has 1 saturated heterocycles. The van der Waals surface area contributed by atoms with Gasteiger partial charge in [0.25, 0.3) is 0 Å². The SMILES string of the molecule is CC1CCCCN1CCc1ncc(-c2csc(N)n2)s1. The fourth-order valence-corrected chi connectivity index (χ4v) is 4.18. The van der Waals surface area contributed by atoms with Crippen molar-refractivity contribution in [3.05, 3.63) is 16.6 Å². The highest BCUT2D eigenvalue weighted by Crippen LogP contribution is 2.28. The molecular formula is C14H20N4S2. The minimum absolute atomic E-state index is 0.622. The Labute approximate surface area is 127 Å². The van der Waals surface area contributed by atoms with Crippen molar-refractivity contribution >= 4 is 27.8 Å². The minimum atomic E-state index is 0.622. The molecule has 6 heteroatoms. The van der Waals surface area contributed by atoms with Gasteiger partial charge in [-0.1, -0.05) is 6.42 Å². The number of nitrogen functional groups attached to an aromatic ring is 1. The topological polar surface area (TPSA) is 55.0 Å². The van der Waals surface area contributed by atoms with Crippen LogP contribution in [0.2, 0.25) is 0 Å². The zero-order chi connectivity index (χ0) is 13.9. The summed E-state index contributed by atoms with van der Waals surface area (Å²) in [5, 5.41) is 3.82. The van der Waals surface area contributed by atoms with Crippen molar-refractivity contribution in [2.75, 3.05) is 18.8 Å². The van der Waals surface area contributed by atoms with Gasteiger partial charge in [0.2, 0.25) is 0 Å². The highest BCUT2D eigenvalue weighted by molar-refractivity contribution is 7.16. The van der Waals surface area contributed by atoms with Crippen LogP contribution >= 0.6 is 22.7 Å². The van der Waals surface area contributed by atoms with E-state index in [9.17, 15) is 0 Å². The second-order valence-electron chi connectivity index (χ2n) is 5.32. The largest absolute Gasteiger partial charge is 0.375 e. The van der Waals surface area contributed by atoms with E-state index in [0.29, 0.717) is 5.13 Å². The maximum atomic E-state index is 5.68. The molecule has 4 nitrogen and oxygen atoms in total. The van der Waals surface area contributed by atoms with Crippen LogP contribution in [0, 0.1) is 0 Å².